The van der Waals surface area contributed by atoms with Gasteiger partial charge in [0.1, 0.15) is 5.75 Å². The molecule has 0 aliphatic carbocycles. The van der Waals surface area contributed by atoms with E-state index in [1.807, 2.05) is 43.0 Å². The Morgan fingerprint density at radius 1 is 1.29 bits per heavy atom. The Kier molecular flexibility index (Phi) is 7.31. The molecular weight excluding hydrogens is 354 g/mol. The van der Waals surface area contributed by atoms with Gasteiger partial charge in [-0.05, 0) is 69.7 Å². The maximum absolute atomic E-state index is 12.8. The van der Waals surface area contributed by atoms with Gasteiger partial charge in [0.15, 0.2) is 0 Å². The summed E-state index contributed by atoms with van der Waals surface area (Å²) in [4.78, 5) is 26.9. The highest BCUT2D eigenvalue weighted by Crippen LogP contribution is 2.19. The second kappa shape index (κ2) is 9.92. The zero-order chi connectivity index (χ0) is 19.9. The molecule has 0 aromatic heterocycles. The number of carbonyl (C=O) groups is 2. The summed E-state index contributed by atoms with van der Waals surface area (Å²) in [5.41, 5.74) is 0.978. The van der Waals surface area contributed by atoms with E-state index in [2.05, 4.69) is 10.6 Å². The van der Waals surface area contributed by atoms with Crippen LogP contribution in [-0.4, -0.2) is 55.0 Å². The number of likely N-dealkylation sites (tertiary alicyclic amines) is 1. The zero-order valence-electron chi connectivity index (χ0n) is 17.1. The molecule has 0 radical (unpaired) electrons. The first-order valence-electron chi connectivity index (χ1n) is 10.6. The second-order valence-electron chi connectivity index (χ2n) is 8.23. The largest absolute Gasteiger partial charge is 0.491 e. The number of carbonyl (C=O) groups excluding carboxylic acids is 2. The highest BCUT2D eigenvalue weighted by atomic mass is 16.5. The van der Waals surface area contributed by atoms with Crippen molar-refractivity contribution in [1.82, 2.24) is 15.5 Å². The molecule has 2 amide bonds. The first-order chi connectivity index (χ1) is 13.5. The van der Waals surface area contributed by atoms with E-state index in [4.69, 9.17) is 4.74 Å². The molecule has 2 aliphatic heterocycles. The van der Waals surface area contributed by atoms with Crippen LogP contribution >= 0.6 is 0 Å². The third-order valence-corrected chi connectivity index (χ3v) is 5.44. The molecule has 154 valence electrons. The average molecular weight is 388 g/mol. The van der Waals surface area contributed by atoms with Crippen molar-refractivity contribution in [3.05, 3.63) is 29.8 Å². The molecule has 1 aromatic carbocycles. The Hall–Kier alpha value is -2.08. The van der Waals surface area contributed by atoms with Gasteiger partial charge in [-0.2, -0.15) is 0 Å². The van der Waals surface area contributed by atoms with Crippen LogP contribution in [-0.2, 0) is 16.0 Å². The quantitative estimate of drug-likeness (QED) is 0.752. The van der Waals surface area contributed by atoms with Crippen molar-refractivity contribution in [3.8, 4) is 5.75 Å². The first-order valence-corrected chi connectivity index (χ1v) is 10.6. The molecule has 0 bridgehead atoms. The van der Waals surface area contributed by atoms with Crippen LogP contribution < -0.4 is 15.4 Å². The first kappa shape index (κ1) is 20.6. The Morgan fingerprint density at radius 2 is 2.14 bits per heavy atom. The second-order valence-corrected chi connectivity index (χ2v) is 8.23. The molecule has 3 rings (SSSR count). The summed E-state index contributed by atoms with van der Waals surface area (Å²) in [6.45, 7) is 7.08. The molecule has 1 aromatic rings. The van der Waals surface area contributed by atoms with Crippen LogP contribution in [0.3, 0.4) is 0 Å². The minimum Gasteiger partial charge on any atom is -0.491 e. The van der Waals surface area contributed by atoms with Crippen LogP contribution in [0.15, 0.2) is 24.3 Å². The molecule has 2 saturated heterocycles. The fourth-order valence-corrected chi connectivity index (χ4v) is 4.02. The number of nitrogens with one attached hydrogen (secondary N) is 2. The van der Waals surface area contributed by atoms with Crippen LogP contribution in [0.2, 0.25) is 0 Å². The lowest BCUT2D eigenvalue weighted by Gasteiger charge is -2.33. The fourth-order valence-electron chi connectivity index (χ4n) is 4.02. The highest BCUT2D eigenvalue weighted by molar-refractivity contribution is 5.82. The van der Waals surface area contributed by atoms with Gasteiger partial charge < -0.3 is 20.3 Å². The maximum atomic E-state index is 12.8. The van der Waals surface area contributed by atoms with Gasteiger partial charge in [0.2, 0.25) is 11.8 Å². The normalized spacial score (nSPS) is 22.3. The summed E-state index contributed by atoms with van der Waals surface area (Å²) in [6, 6.07) is 7.75. The molecule has 2 aliphatic rings. The Labute approximate surface area is 168 Å². The number of amides is 2. The SMILES string of the molecule is CC(C)Oc1cccc(CC(=O)N2CCCC(CNC(=O)C3CCCN3)C2)c1. The summed E-state index contributed by atoms with van der Waals surface area (Å²) < 4.78 is 5.73. The number of hydrogen-bond acceptors (Lipinski definition) is 4. The Bertz CT molecular complexity index is 671. The van der Waals surface area contributed by atoms with E-state index in [-0.39, 0.29) is 24.0 Å². The van der Waals surface area contributed by atoms with Gasteiger partial charge in [-0.3, -0.25) is 9.59 Å². The molecule has 2 heterocycles. The van der Waals surface area contributed by atoms with E-state index in [1.54, 1.807) is 0 Å². The van der Waals surface area contributed by atoms with Crippen molar-refractivity contribution >= 4 is 11.8 Å². The average Bonchev–Trinajstić information content (AvgIpc) is 3.21. The number of benzene rings is 1. The molecule has 0 spiro atoms. The zero-order valence-corrected chi connectivity index (χ0v) is 17.1. The van der Waals surface area contributed by atoms with Crippen LogP contribution in [0.1, 0.15) is 45.1 Å². The number of rotatable bonds is 7. The van der Waals surface area contributed by atoms with Crippen LogP contribution in [0.5, 0.6) is 5.75 Å². The molecule has 0 saturated carbocycles. The topological polar surface area (TPSA) is 70.7 Å². The van der Waals surface area contributed by atoms with Crippen molar-refractivity contribution in [2.24, 2.45) is 5.92 Å². The summed E-state index contributed by atoms with van der Waals surface area (Å²) in [7, 11) is 0. The van der Waals surface area contributed by atoms with E-state index in [1.165, 1.54) is 0 Å². The standard InChI is InChI=1S/C22H33N3O3/c1-16(2)28-19-8-3-6-17(12-19)13-21(26)25-11-5-7-18(15-25)14-24-22(27)20-9-4-10-23-20/h3,6,8,12,16,18,20,23H,4-5,7,9-11,13-15H2,1-2H3,(H,24,27). The van der Waals surface area contributed by atoms with Crippen molar-refractivity contribution in [3.63, 3.8) is 0 Å². The minimum absolute atomic E-state index is 0.0401. The van der Waals surface area contributed by atoms with E-state index in [0.717, 1.165) is 56.6 Å². The van der Waals surface area contributed by atoms with Crippen LogP contribution in [0, 0.1) is 5.92 Å². The summed E-state index contributed by atoms with van der Waals surface area (Å²) in [6.07, 6.45) is 4.53. The number of nitrogens with zero attached hydrogens (tertiary/aromatic N) is 1. The molecule has 28 heavy (non-hydrogen) atoms. The predicted molar refractivity (Wildman–Crippen MR) is 109 cm³/mol. The van der Waals surface area contributed by atoms with Crippen LogP contribution in [0.4, 0.5) is 0 Å². The molecule has 2 N–H and O–H groups in total. The third kappa shape index (κ3) is 5.96. The Balaban J connectivity index is 1.48. The van der Waals surface area contributed by atoms with E-state index >= 15 is 0 Å². The molecular formula is C22H33N3O3. The monoisotopic (exact) mass is 387 g/mol. The smallest absolute Gasteiger partial charge is 0.237 e. The van der Waals surface area contributed by atoms with Crippen molar-refractivity contribution in [2.75, 3.05) is 26.2 Å². The fraction of sp³-hybridized carbons (Fsp3) is 0.636. The van der Waals surface area contributed by atoms with Gasteiger partial charge >= 0.3 is 0 Å². The summed E-state index contributed by atoms with van der Waals surface area (Å²) in [5, 5.41) is 6.30. The molecule has 2 fully saturated rings. The van der Waals surface area contributed by atoms with E-state index < -0.39 is 0 Å². The van der Waals surface area contributed by atoms with E-state index in [9.17, 15) is 9.59 Å². The molecule has 2 unspecified atom stereocenters. The number of piperidine rings is 1. The predicted octanol–water partition coefficient (Wildman–Crippen LogP) is 2.12. The van der Waals surface area contributed by atoms with Gasteiger partial charge in [-0.1, -0.05) is 12.1 Å². The minimum atomic E-state index is -0.0401. The number of ether oxygens (including phenoxy) is 1. The summed E-state index contributed by atoms with van der Waals surface area (Å²) >= 11 is 0. The Morgan fingerprint density at radius 3 is 2.89 bits per heavy atom. The van der Waals surface area contributed by atoms with Gasteiger partial charge in [0.25, 0.3) is 0 Å². The number of hydrogen-bond donors (Lipinski definition) is 2. The van der Waals surface area contributed by atoms with E-state index in [0.29, 0.717) is 18.9 Å². The lowest BCUT2D eigenvalue weighted by molar-refractivity contribution is -0.132. The van der Waals surface area contributed by atoms with Gasteiger partial charge in [0, 0.05) is 19.6 Å². The van der Waals surface area contributed by atoms with Gasteiger partial charge in [0.05, 0.1) is 18.6 Å². The van der Waals surface area contributed by atoms with Crippen molar-refractivity contribution < 1.29 is 14.3 Å². The van der Waals surface area contributed by atoms with Crippen molar-refractivity contribution in [1.29, 1.82) is 0 Å². The van der Waals surface area contributed by atoms with Crippen LogP contribution in [0.25, 0.3) is 0 Å². The van der Waals surface area contributed by atoms with Gasteiger partial charge in [-0.25, -0.2) is 0 Å². The third-order valence-electron chi connectivity index (χ3n) is 5.44. The lowest BCUT2D eigenvalue weighted by atomic mass is 9.97. The molecule has 6 nitrogen and oxygen atoms in total. The molecule has 6 heteroatoms. The molecule has 2 atom stereocenters. The maximum Gasteiger partial charge on any atom is 0.237 e. The summed E-state index contributed by atoms with van der Waals surface area (Å²) in [5.74, 6) is 1.39. The van der Waals surface area contributed by atoms with Gasteiger partial charge in [-0.15, -0.1) is 0 Å². The van der Waals surface area contributed by atoms with Crippen molar-refractivity contribution in [2.45, 2.75) is 58.1 Å². The highest BCUT2D eigenvalue weighted by Gasteiger charge is 2.26. The lowest BCUT2D eigenvalue weighted by Crippen LogP contribution is -2.47.